The van der Waals surface area contributed by atoms with Crippen molar-refractivity contribution in [3.05, 3.63) is 77.6 Å². The smallest absolute Gasteiger partial charge is 0.254 e. The maximum absolute atomic E-state index is 13.2. The highest BCUT2D eigenvalue weighted by atomic mass is 16.2. The Bertz CT molecular complexity index is 926. The van der Waals surface area contributed by atoms with Gasteiger partial charge in [-0.1, -0.05) is 36.4 Å². The van der Waals surface area contributed by atoms with Gasteiger partial charge in [-0.05, 0) is 47.5 Å². The lowest BCUT2D eigenvalue weighted by Crippen LogP contribution is -2.27. The van der Waals surface area contributed by atoms with Crippen molar-refractivity contribution >= 4 is 16.7 Å². The van der Waals surface area contributed by atoms with Crippen LogP contribution in [0.25, 0.3) is 10.8 Å². The zero-order valence-electron chi connectivity index (χ0n) is 15.0. The van der Waals surface area contributed by atoms with Crippen LogP contribution in [0.4, 0.5) is 0 Å². The lowest BCUT2D eigenvalue weighted by Gasteiger charge is -2.21. The monoisotopic (exact) mass is 345 g/mol. The minimum atomic E-state index is 0.0820. The first-order chi connectivity index (χ1) is 12.7. The summed E-state index contributed by atoms with van der Waals surface area (Å²) in [5.74, 6) is 0.505. The number of nitrogens with one attached hydrogen (secondary N) is 1. The Morgan fingerprint density at radius 2 is 2.08 bits per heavy atom. The van der Waals surface area contributed by atoms with E-state index in [1.165, 1.54) is 0 Å². The first-order valence-corrected chi connectivity index (χ1v) is 9.11. The van der Waals surface area contributed by atoms with Crippen LogP contribution < -0.4 is 5.32 Å². The molecule has 26 heavy (non-hydrogen) atoms. The average molecular weight is 345 g/mol. The summed E-state index contributed by atoms with van der Waals surface area (Å²) >= 11 is 0. The molecule has 0 saturated carbocycles. The zero-order valence-corrected chi connectivity index (χ0v) is 15.0. The van der Waals surface area contributed by atoms with Gasteiger partial charge in [0.15, 0.2) is 0 Å². The molecule has 1 N–H and O–H groups in total. The predicted molar refractivity (Wildman–Crippen MR) is 104 cm³/mol. The molecule has 1 amide bonds. The largest absolute Gasteiger partial charge is 0.337 e. The molecule has 1 fully saturated rings. The Kier molecular flexibility index (Phi) is 4.67. The third kappa shape index (κ3) is 3.20. The van der Waals surface area contributed by atoms with Crippen LogP contribution in [-0.2, 0) is 6.54 Å². The molecular formula is C22H23N3O. The number of aromatic nitrogens is 1. The van der Waals surface area contributed by atoms with E-state index in [1.54, 1.807) is 6.20 Å². The average Bonchev–Trinajstić information content (AvgIpc) is 3.22. The van der Waals surface area contributed by atoms with Gasteiger partial charge in [0.25, 0.3) is 5.91 Å². The summed E-state index contributed by atoms with van der Waals surface area (Å²) < 4.78 is 0. The van der Waals surface area contributed by atoms with Crippen LogP contribution in [0.3, 0.4) is 0 Å². The molecule has 1 aliphatic heterocycles. The predicted octanol–water partition coefficient (Wildman–Crippen LogP) is 3.58. The van der Waals surface area contributed by atoms with Crippen molar-refractivity contribution in [2.75, 3.05) is 20.1 Å². The SMILES string of the molecule is CN(Cc1cccc2cnccc12)C(=O)c1ccccc1C1CCNC1. The number of carbonyl (C=O) groups excluding carboxylic acids is 1. The first-order valence-electron chi connectivity index (χ1n) is 9.11. The lowest BCUT2D eigenvalue weighted by molar-refractivity contribution is 0.0784. The van der Waals surface area contributed by atoms with Crippen LogP contribution in [0, 0.1) is 0 Å². The van der Waals surface area contributed by atoms with Gasteiger partial charge in [-0.2, -0.15) is 0 Å². The summed E-state index contributed by atoms with van der Waals surface area (Å²) in [7, 11) is 1.88. The molecule has 1 aromatic heterocycles. The number of nitrogens with zero attached hydrogens (tertiary/aromatic N) is 2. The maximum atomic E-state index is 13.2. The molecule has 1 unspecified atom stereocenters. The molecule has 0 bridgehead atoms. The van der Waals surface area contributed by atoms with Crippen molar-refractivity contribution in [2.45, 2.75) is 18.9 Å². The summed E-state index contributed by atoms with van der Waals surface area (Å²) in [6.07, 6.45) is 4.75. The Morgan fingerprint density at radius 1 is 1.19 bits per heavy atom. The van der Waals surface area contributed by atoms with Gasteiger partial charge in [-0.3, -0.25) is 9.78 Å². The van der Waals surface area contributed by atoms with E-state index in [0.29, 0.717) is 12.5 Å². The molecule has 2 aromatic carbocycles. The third-order valence-corrected chi connectivity index (χ3v) is 5.22. The Morgan fingerprint density at radius 3 is 2.92 bits per heavy atom. The highest BCUT2D eigenvalue weighted by Gasteiger charge is 2.23. The van der Waals surface area contributed by atoms with Gasteiger partial charge in [0, 0.05) is 43.5 Å². The second-order valence-corrected chi connectivity index (χ2v) is 6.95. The Balaban J connectivity index is 1.61. The minimum Gasteiger partial charge on any atom is -0.337 e. The van der Waals surface area contributed by atoms with Gasteiger partial charge in [0.2, 0.25) is 0 Å². The molecule has 0 spiro atoms. The van der Waals surface area contributed by atoms with E-state index in [0.717, 1.165) is 47.0 Å². The molecule has 2 heterocycles. The molecule has 1 atom stereocenters. The number of rotatable bonds is 4. The second-order valence-electron chi connectivity index (χ2n) is 6.95. The molecular weight excluding hydrogens is 322 g/mol. The summed E-state index contributed by atoms with van der Waals surface area (Å²) in [6, 6.07) is 16.2. The molecule has 4 rings (SSSR count). The summed E-state index contributed by atoms with van der Waals surface area (Å²) in [5, 5.41) is 5.64. The fraction of sp³-hybridized carbons (Fsp3) is 0.273. The molecule has 0 aliphatic carbocycles. The maximum Gasteiger partial charge on any atom is 0.254 e. The van der Waals surface area contributed by atoms with E-state index in [1.807, 2.05) is 48.5 Å². The van der Waals surface area contributed by atoms with Gasteiger partial charge in [0.1, 0.15) is 0 Å². The lowest BCUT2D eigenvalue weighted by atomic mass is 9.93. The molecule has 4 heteroatoms. The van der Waals surface area contributed by atoms with Crippen LogP contribution in [0.15, 0.2) is 60.9 Å². The number of amides is 1. The summed E-state index contributed by atoms with van der Waals surface area (Å²) in [6.45, 7) is 2.55. The minimum absolute atomic E-state index is 0.0820. The third-order valence-electron chi connectivity index (χ3n) is 5.22. The van der Waals surface area contributed by atoms with E-state index in [-0.39, 0.29) is 5.91 Å². The van der Waals surface area contributed by atoms with Crippen LogP contribution in [0.5, 0.6) is 0 Å². The number of carbonyl (C=O) groups is 1. The van der Waals surface area contributed by atoms with E-state index in [2.05, 4.69) is 28.5 Å². The molecule has 1 saturated heterocycles. The van der Waals surface area contributed by atoms with Gasteiger partial charge in [-0.15, -0.1) is 0 Å². The Labute approximate surface area is 153 Å². The Hall–Kier alpha value is -2.72. The van der Waals surface area contributed by atoms with E-state index in [4.69, 9.17) is 0 Å². The molecule has 4 nitrogen and oxygen atoms in total. The number of hydrogen-bond donors (Lipinski definition) is 1. The molecule has 132 valence electrons. The fourth-order valence-corrected chi connectivity index (χ4v) is 3.83. The molecule has 0 radical (unpaired) electrons. The normalized spacial score (nSPS) is 16.7. The zero-order chi connectivity index (χ0) is 17.9. The van der Waals surface area contributed by atoms with E-state index in [9.17, 15) is 4.79 Å². The van der Waals surface area contributed by atoms with Gasteiger partial charge in [0.05, 0.1) is 0 Å². The van der Waals surface area contributed by atoms with Crippen LogP contribution in [0.2, 0.25) is 0 Å². The highest BCUT2D eigenvalue weighted by Crippen LogP contribution is 2.27. The topological polar surface area (TPSA) is 45.2 Å². The van der Waals surface area contributed by atoms with Crippen molar-refractivity contribution in [1.82, 2.24) is 15.2 Å². The van der Waals surface area contributed by atoms with Crippen molar-refractivity contribution in [3.63, 3.8) is 0 Å². The van der Waals surface area contributed by atoms with Gasteiger partial charge < -0.3 is 10.2 Å². The molecule has 1 aliphatic rings. The first kappa shape index (κ1) is 16.7. The van der Waals surface area contributed by atoms with Gasteiger partial charge in [-0.25, -0.2) is 0 Å². The van der Waals surface area contributed by atoms with E-state index < -0.39 is 0 Å². The van der Waals surface area contributed by atoms with Gasteiger partial charge >= 0.3 is 0 Å². The summed E-state index contributed by atoms with van der Waals surface area (Å²) in [5.41, 5.74) is 3.13. The van der Waals surface area contributed by atoms with Crippen molar-refractivity contribution in [2.24, 2.45) is 0 Å². The molecule has 3 aromatic rings. The quantitative estimate of drug-likeness (QED) is 0.786. The van der Waals surface area contributed by atoms with Crippen LogP contribution in [-0.4, -0.2) is 35.9 Å². The summed E-state index contributed by atoms with van der Waals surface area (Å²) in [4.78, 5) is 19.2. The van der Waals surface area contributed by atoms with Crippen molar-refractivity contribution in [3.8, 4) is 0 Å². The highest BCUT2D eigenvalue weighted by molar-refractivity contribution is 5.96. The number of hydrogen-bond acceptors (Lipinski definition) is 3. The fourth-order valence-electron chi connectivity index (χ4n) is 3.83. The standard InChI is InChI=1S/C22H23N3O/c1-25(15-18-6-4-5-16-13-24-12-10-19(16)18)22(26)21-8-3-2-7-20(21)17-9-11-23-14-17/h2-8,10,12-13,17,23H,9,11,14-15H2,1H3. The van der Waals surface area contributed by atoms with Crippen molar-refractivity contribution in [1.29, 1.82) is 0 Å². The van der Waals surface area contributed by atoms with Crippen molar-refractivity contribution < 1.29 is 4.79 Å². The van der Waals surface area contributed by atoms with Crippen LogP contribution >= 0.6 is 0 Å². The number of pyridine rings is 1. The van der Waals surface area contributed by atoms with Crippen LogP contribution in [0.1, 0.15) is 33.8 Å². The second kappa shape index (κ2) is 7.26. The number of benzene rings is 2. The van der Waals surface area contributed by atoms with E-state index >= 15 is 0 Å². The number of fused-ring (bicyclic) bond motifs is 1.